The first kappa shape index (κ1) is 11.5. The molecule has 0 unspecified atom stereocenters. The van der Waals surface area contributed by atoms with E-state index in [0.29, 0.717) is 0 Å². The lowest BCUT2D eigenvalue weighted by atomic mass is 10.2. The Morgan fingerprint density at radius 3 is 2.79 bits per heavy atom. The fraction of sp³-hybridized carbons (Fsp3) is 0.909. The lowest BCUT2D eigenvalue weighted by Crippen LogP contribution is -2.27. The first-order valence-corrected chi connectivity index (χ1v) is 5.71. The summed E-state index contributed by atoms with van der Waals surface area (Å²) < 4.78 is 0. The van der Waals surface area contributed by atoms with Crippen molar-refractivity contribution >= 4 is 5.84 Å². The molecule has 0 amide bonds. The standard InChI is InChI=1S/C11H23N3/c1-14(2)10-6-5-9-13-11-7-3-4-8-12-11/h3-10H2,1-2H3,(H,12,13). The minimum Gasteiger partial charge on any atom is -0.374 e. The van der Waals surface area contributed by atoms with E-state index in [2.05, 4.69) is 29.3 Å². The number of nitrogens with one attached hydrogen (secondary N) is 1. The average molecular weight is 197 g/mol. The molecule has 0 saturated heterocycles. The van der Waals surface area contributed by atoms with Crippen LogP contribution in [-0.2, 0) is 0 Å². The van der Waals surface area contributed by atoms with Crippen LogP contribution in [-0.4, -0.2) is 44.5 Å². The SMILES string of the molecule is CN(C)CCCCNC1=NCCCC1. The van der Waals surface area contributed by atoms with Crippen molar-refractivity contribution in [3.63, 3.8) is 0 Å². The largest absolute Gasteiger partial charge is 0.374 e. The van der Waals surface area contributed by atoms with Gasteiger partial charge in [-0.2, -0.15) is 0 Å². The quantitative estimate of drug-likeness (QED) is 0.676. The maximum Gasteiger partial charge on any atom is 0.0963 e. The van der Waals surface area contributed by atoms with Crippen LogP contribution in [0.25, 0.3) is 0 Å². The fourth-order valence-corrected chi connectivity index (χ4v) is 1.63. The molecule has 0 aromatic rings. The number of hydrogen-bond donors (Lipinski definition) is 1. The Morgan fingerprint density at radius 1 is 1.29 bits per heavy atom. The number of hydrogen-bond acceptors (Lipinski definition) is 3. The molecule has 1 N–H and O–H groups in total. The molecular weight excluding hydrogens is 174 g/mol. The van der Waals surface area contributed by atoms with E-state index in [0.717, 1.165) is 19.5 Å². The Morgan fingerprint density at radius 2 is 2.14 bits per heavy atom. The van der Waals surface area contributed by atoms with E-state index in [-0.39, 0.29) is 0 Å². The maximum atomic E-state index is 4.46. The topological polar surface area (TPSA) is 27.6 Å². The molecule has 0 aliphatic carbocycles. The molecular formula is C11H23N3. The summed E-state index contributed by atoms with van der Waals surface area (Å²) in [4.78, 5) is 6.69. The van der Waals surface area contributed by atoms with Crippen molar-refractivity contribution < 1.29 is 0 Å². The molecule has 1 aliphatic rings. The minimum atomic E-state index is 1.03. The molecule has 0 aromatic carbocycles. The van der Waals surface area contributed by atoms with Crippen molar-refractivity contribution in [2.24, 2.45) is 4.99 Å². The van der Waals surface area contributed by atoms with Gasteiger partial charge in [0.15, 0.2) is 0 Å². The monoisotopic (exact) mass is 197 g/mol. The van der Waals surface area contributed by atoms with Crippen molar-refractivity contribution in [2.75, 3.05) is 33.7 Å². The van der Waals surface area contributed by atoms with Crippen LogP contribution in [0.2, 0.25) is 0 Å². The van der Waals surface area contributed by atoms with E-state index >= 15 is 0 Å². The summed E-state index contributed by atoms with van der Waals surface area (Å²) in [6.45, 7) is 3.31. The number of amidine groups is 1. The normalized spacial score (nSPS) is 16.9. The lowest BCUT2D eigenvalue weighted by molar-refractivity contribution is 0.394. The third kappa shape index (κ3) is 5.22. The molecule has 3 heteroatoms. The van der Waals surface area contributed by atoms with Gasteiger partial charge in [-0.25, -0.2) is 0 Å². The predicted octanol–water partition coefficient (Wildman–Crippen LogP) is 1.50. The van der Waals surface area contributed by atoms with Gasteiger partial charge < -0.3 is 10.2 Å². The summed E-state index contributed by atoms with van der Waals surface area (Å²) in [5, 5.41) is 3.43. The minimum absolute atomic E-state index is 1.03. The van der Waals surface area contributed by atoms with Crippen LogP contribution >= 0.6 is 0 Å². The summed E-state index contributed by atoms with van der Waals surface area (Å²) >= 11 is 0. The van der Waals surface area contributed by atoms with Crippen LogP contribution in [0.1, 0.15) is 32.1 Å². The zero-order valence-electron chi connectivity index (χ0n) is 9.55. The van der Waals surface area contributed by atoms with Gasteiger partial charge >= 0.3 is 0 Å². The van der Waals surface area contributed by atoms with Crippen LogP contribution in [0.3, 0.4) is 0 Å². The Balaban J connectivity index is 1.95. The van der Waals surface area contributed by atoms with Crippen molar-refractivity contribution in [3.8, 4) is 0 Å². The highest BCUT2D eigenvalue weighted by molar-refractivity contribution is 5.82. The van der Waals surface area contributed by atoms with Crippen LogP contribution in [0.4, 0.5) is 0 Å². The van der Waals surface area contributed by atoms with E-state index in [4.69, 9.17) is 0 Å². The van der Waals surface area contributed by atoms with E-state index < -0.39 is 0 Å². The van der Waals surface area contributed by atoms with Gasteiger partial charge in [0.25, 0.3) is 0 Å². The van der Waals surface area contributed by atoms with Crippen molar-refractivity contribution in [1.82, 2.24) is 10.2 Å². The van der Waals surface area contributed by atoms with Gasteiger partial charge in [-0.15, -0.1) is 0 Å². The molecule has 82 valence electrons. The van der Waals surface area contributed by atoms with Crippen LogP contribution in [0.15, 0.2) is 4.99 Å². The van der Waals surface area contributed by atoms with Gasteiger partial charge in [0, 0.05) is 19.5 Å². The van der Waals surface area contributed by atoms with Gasteiger partial charge in [-0.1, -0.05) is 0 Å². The molecule has 14 heavy (non-hydrogen) atoms. The molecule has 1 aliphatic heterocycles. The summed E-state index contributed by atoms with van der Waals surface area (Å²) in [6.07, 6.45) is 6.26. The lowest BCUT2D eigenvalue weighted by Gasteiger charge is -2.14. The molecule has 0 spiro atoms. The summed E-state index contributed by atoms with van der Waals surface area (Å²) in [7, 11) is 4.25. The fourth-order valence-electron chi connectivity index (χ4n) is 1.63. The molecule has 0 bridgehead atoms. The predicted molar refractivity (Wildman–Crippen MR) is 61.9 cm³/mol. The highest BCUT2D eigenvalue weighted by Crippen LogP contribution is 2.03. The van der Waals surface area contributed by atoms with Gasteiger partial charge in [0.05, 0.1) is 5.84 Å². The second-order valence-electron chi connectivity index (χ2n) is 4.22. The number of rotatable bonds is 5. The molecule has 0 radical (unpaired) electrons. The van der Waals surface area contributed by atoms with Crippen LogP contribution in [0.5, 0.6) is 0 Å². The van der Waals surface area contributed by atoms with E-state index in [1.54, 1.807) is 0 Å². The van der Waals surface area contributed by atoms with E-state index in [9.17, 15) is 0 Å². The molecule has 1 rings (SSSR count). The smallest absolute Gasteiger partial charge is 0.0963 e. The Labute approximate surface area is 87.6 Å². The van der Waals surface area contributed by atoms with E-state index in [1.165, 1.54) is 38.1 Å². The molecule has 1 heterocycles. The van der Waals surface area contributed by atoms with Crippen LogP contribution < -0.4 is 5.32 Å². The Kier molecular flexibility index (Phi) is 5.60. The highest BCUT2D eigenvalue weighted by atomic mass is 15.0. The van der Waals surface area contributed by atoms with E-state index in [1.807, 2.05) is 0 Å². The van der Waals surface area contributed by atoms with Crippen molar-refractivity contribution in [2.45, 2.75) is 32.1 Å². The number of unbranched alkanes of at least 4 members (excludes halogenated alkanes) is 1. The Hall–Kier alpha value is -0.570. The zero-order valence-corrected chi connectivity index (χ0v) is 9.55. The summed E-state index contributed by atoms with van der Waals surface area (Å²) in [5.74, 6) is 1.24. The van der Waals surface area contributed by atoms with Gasteiger partial charge in [-0.3, -0.25) is 4.99 Å². The molecule has 0 aromatic heterocycles. The molecule has 3 nitrogen and oxygen atoms in total. The first-order chi connectivity index (χ1) is 6.79. The first-order valence-electron chi connectivity index (χ1n) is 5.71. The third-order valence-corrected chi connectivity index (χ3v) is 2.49. The van der Waals surface area contributed by atoms with Crippen molar-refractivity contribution in [3.05, 3.63) is 0 Å². The second kappa shape index (κ2) is 6.82. The summed E-state index contributed by atoms with van der Waals surface area (Å²) in [6, 6.07) is 0. The highest BCUT2D eigenvalue weighted by Gasteiger charge is 2.03. The Bertz CT molecular complexity index is 175. The number of aliphatic imine (C=N–C) groups is 1. The molecule has 0 atom stereocenters. The number of nitrogens with zero attached hydrogens (tertiary/aromatic N) is 2. The van der Waals surface area contributed by atoms with Gasteiger partial charge in [-0.05, 0) is 46.3 Å². The molecule has 0 saturated carbocycles. The second-order valence-corrected chi connectivity index (χ2v) is 4.22. The molecule has 0 fully saturated rings. The third-order valence-electron chi connectivity index (χ3n) is 2.49. The average Bonchev–Trinajstić information content (AvgIpc) is 2.18. The van der Waals surface area contributed by atoms with Crippen molar-refractivity contribution in [1.29, 1.82) is 0 Å². The van der Waals surface area contributed by atoms with Crippen LogP contribution in [0, 0.1) is 0 Å². The van der Waals surface area contributed by atoms with Gasteiger partial charge in [0.2, 0.25) is 0 Å². The van der Waals surface area contributed by atoms with Gasteiger partial charge in [0.1, 0.15) is 0 Å². The maximum absolute atomic E-state index is 4.46. The summed E-state index contributed by atoms with van der Waals surface area (Å²) in [5.41, 5.74) is 0. The zero-order chi connectivity index (χ0) is 10.2.